The molecule has 1 aromatic heterocycles. The van der Waals surface area contributed by atoms with Gasteiger partial charge in [0.25, 0.3) is 0 Å². The number of ether oxygens (including phenoxy) is 1. The van der Waals surface area contributed by atoms with Crippen LogP contribution in [0.5, 0.6) is 0 Å². The number of hydrogen-bond donors (Lipinski definition) is 0. The molecule has 0 aliphatic carbocycles. The number of furan rings is 1. The molecule has 0 saturated carbocycles. The summed E-state index contributed by atoms with van der Waals surface area (Å²) in [6, 6.07) is 1.63. The van der Waals surface area contributed by atoms with Crippen molar-refractivity contribution in [1.29, 1.82) is 0 Å². The molecule has 1 atom stereocenters. The topological polar surface area (TPSA) is 39.4 Å². The molecule has 0 aromatic carbocycles. The van der Waals surface area contributed by atoms with Gasteiger partial charge in [0.05, 0.1) is 6.26 Å². The fraction of sp³-hybridized carbons (Fsp3) is 0.500. The van der Waals surface area contributed by atoms with Crippen molar-refractivity contribution in [3.8, 4) is 0 Å². The first-order valence-corrected chi connectivity index (χ1v) is 5.78. The van der Waals surface area contributed by atoms with Gasteiger partial charge in [-0.1, -0.05) is 0 Å². The van der Waals surface area contributed by atoms with Crippen LogP contribution in [0.1, 0.15) is 23.0 Å². The molecule has 0 spiro atoms. The zero-order valence-corrected chi connectivity index (χ0v) is 9.39. The lowest BCUT2D eigenvalue weighted by Gasteiger charge is -2.10. The maximum Gasteiger partial charge on any atom is 0.341 e. The Kier molecular flexibility index (Phi) is 4.07. The Hall–Kier alpha value is -0.900. The van der Waals surface area contributed by atoms with Crippen LogP contribution in [0.25, 0.3) is 0 Å². The van der Waals surface area contributed by atoms with E-state index < -0.39 is 0 Å². The minimum atomic E-state index is -0.308. The third-order valence-electron chi connectivity index (χ3n) is 1.79. The normalized spacial score (nSPS) is 12.5. The number of thioether (sulfide) groups is 1. The maximum atomic E-state index is 11.5. The number of hydrogen-bond acceptors (Lipinski definition) is 4. The first kappa shape index (κ1) is 11.2. The molecule has 1 heterocycles. The summed E-state index contributed by atoms with van der Waals surface area (Å²) in [7, 11) is 0. The third kappa shape index (κ3) is 2.80. The van der Waals surface area contributed by atoms with E-state index in [1.807, 2.05) is 13.2 Å². The largest absolute Gasteiger partial charge is 0.469 e. The minimum Gasteiger partial charge on any atom is -0.469 e. The van der Waals surface area contributed by atoms with Crippen LogP contribution in [0.2, 0.25) is 0 Å². The monoisotopic (exact) mass is 214 g/mol. The minimum absolute atomic E-state index is 0.0631. The molecule has 1 rings (SSSR count). The molecule has 78 valence electrons. The summed E-state index contributed by atoms with van der Waals surface area (Å²) in [6.07, 6.45) is 3.41. The number of aryl methyl sites for hydroxylation is 1. The fourth-order valence-corrected chi connectivity index (χ4v) is 1.65. The highest BCUT2D eigenvalue weighted by atomic mass is 32.2. The lowest BCUT2D eigenvalue weighted by molar-refractivity contribution is 0.0384. The molecule has 3 nitrogen and oxygen atoms in total. The Labute approximate surface area is 87.8 Å². The number of esters is 1. The number of carbonyl (C=O) groups excluding carboxylic acids is 1. The Morgan fingerprint density at radius 3 is 2.93 bits per heavy atom. The molecule has 0 aliphatic heterocycles. The quantitative estimate of drug-likeness (QED) is 0.722. The predicted octanol–water partition coefficient (Wildman–Crippen LogP) is 2.50. The Balaban J connectivity index is 2.55. The zero-order chi connectivity index (χ0) is 10.6. The van der Waals surface area contributed by atoms with E-state index in [-0.39, 0.29) is 12.1 Å². The second-order valence-electron chi connectivity index (χ2n) is 3.06. The Morgan fingerprint density at radius 1 is 1.71 bits per heavy atom. The van der Waals surface area contributed by atoms with Crippen molar-refractivity contribution in [2.75, 3.05) is 12.0 Å². The molecule has 0 saturated heterocycles. The van der Waals surface area contributed by atoms with Gasteiger partial charge in [-0.2, -0.15) is 11.8 Å². The first-order chi connectivity index (χ1) is 6.65. The van der Waals surface area contributed by atoms with E-state index in [9.17, 15) is 4.79 Å². The summed E-state index contributed by atoms with van der Waals surface area (Å²) < 4.78 is 10.2. The van der Waals surface area contributed by atoms with E-state index in [0.717, 1.165) is 5.75 Å². The summed E-state index contributed by atoms with van der Waals surface area (Å²) in [5, 5.41) is 0. The van der Waals surface area contributed by atoms with Crippen LogP contribution < -0.4 is 0 Å². The molecular weight excluding hydrogens is 200 g/mol. The molecule has 0 unspecified atom stereocenters. The lowest BCUT2D eigenvalue weighted by Crippen LogP contribution is -2.17. The van der Waals surface area contributed by atoms with Crippen molar-refractivity contribution < 1.29 is 13.9 Å². The van der Waals surface area contributed by atoms with Gasteiger partial charge in [-0.25, -0.2) is 4.79 Å². The van der Waals surface area contributed by atoms with Crippen LogP contribution in [0.4, 0.5) is 0 Å². The van der Waals surface area contributed by atoms with Gasteiger partial charge in [-0.05, 0) is 26.2 Å². The first-order valence-electron chi connectivity index (χ1n) is 4.39. The Morgan fingerprint density at radius 2 is 2.43 bits per heavy atom. The van der Waals surface area contributed by atoms with E-state index >= 15 is 0 Å². The molecule has 0 N–H and O–H groups in total. The van der Waals surface area contributed by atoms with Gasteiger partial charge in [0, 0.05) is 5.75 Å². The van der Waals surface area contributed by atoms with Crippen LogP contribution in [-0.4, -0.2) is 24.1 Å². The van der Waals surface area contributed by atoms with Crippen molar-refractivity contribution in [3.63, 3.8) is 0 Å². The van der Waals surface area contributed by atoms with Crippen molar-refractivity contribution in [2.24, 2.45) is 0 Å². The summed E-state index contributed by atoms with van der Waals surface area (Å²) in [5.41, 5.74) is 0.512. The van der Waals surface area contributed by atoms with Gasteiger partial charge in [-0.3, -0.25) is 0 Å². The molecule has 0 aliphatic rings. The highest BCUT2D eigenvalue weighted by molar-refractivity contribution is 7.98. The van der Waals surface area contributed by atoms with Gasteiger partial charge in [0.15, 0.2) is 0 Å². The summed E-state index contributed by atoms with van der Waals surface area (Å²) in [6.45, 7) is 3.62. The molecule has 0 fully saturated rings. The molecule has 14 heavy (non-hydrogen) atoms. The van der Waals surface area contributed by atoms with Crippen molar-refractivity contribution >= 4 is 17.7 Å². The van der Waals surface area contributed by atoms with Crippen LogP contribution in [0.15, 0.2) is 16.7 Å². The van der Waals surface area contributed by atoms with Crippen molar-refractivity contribution in [2.45, 2.75) is 20.0 Å². The van der Waals surface area contributed by atoms with Gasteiger partial charge in [-0.15, -0.1) is 0 Å². The van der Waals surface area contributed by atoms with Crippen LogP contribution in [0.3, 0.4) is 0 Å². The summed E-state index contributed by atoms with van der Waals surface area (Å²) in [5.74, 6) is 1.10. The number of carbonyl (C=O) groups is 1. The van der Waals surface area contributed by atoms with Crippen LogP contribution >= 0.6 is 11.8 Å². The molecular formula is C10H14O3S. The second-order valence-corrected chi connectivity index (χ2v) is 3.97. The molecule has 4 heteroatoms. The summed E-state index contributed by atoms with van der Waals surface area (Å²) >= 11 is 1.65. The van der Waals surface area contributed by atoms with Crippen molar-refractivity contribution in [1.82, 2.24) is 0 Å². The van der Waals surface area contributed by atoms with Crippen molar-refractivity contribution in [3.05, 3.63) is 23.7 Å². The number of rotatable bonds is 4. The van der Waals surface area contributed by atoms with E-state index in [2.05, 4.69) is 0 Å². The van der Waals surface area contributed by atoms with Gasteiger partial charge < -0.3 is 9.15 Å². The standard InChI is InChI=1S/C10H14O3S/c1-7(6-14-3)13-10(11)9-4-5-12-8(9)2/h4-5,7H,6H2,1-3H3/t7-/m0/s1. The highest BCUT2D eigenvalue weighted by Gasteiger charge is 2.15. The van der Waals surface area contributed by atoms with Crippen LogP contribution in [0, 0.1) is 6.92 Å². The Bertz CT molecular complexity index is 306. The fourth-order valence-electron chi connectivity index (χ4n) is 1.11. The van der Waals surface area contributed by atoms with E-state index in [4.69, 9.17) is 9.15 Å². The van der Waals surface area contributed by atoms with Crippen LogP contribution in [-0.2, 0) is 4.74 Å². The lowest BCUT2D eigenvalue weighted by atomic mass is 10.2. The predicted molar refractivity (Wildman–Crippen MR) is 56.7 cm³/mol. The molecule has 0 bridgehead atoms. The van der Waals surface area contributed by atoms with E-state index in [0.29, 0.717) is 11.3 Å². The van der Waals surface area contributed by atoms with Gasteiger partial charge in [0.1, 0.15) is 17.4 Å². The highest BCUT2D eigenvalue weighted by Crippen LogP contribution is 2.12. The van der Waals surface area contributed by atoms with E-state index in [1.54, 1.807) is 24.8 Å². The molecule has 1 aromatic rings. The average Bonchev–Trinajstić information content (AvgIpc) is 2.51. The van der Waals surface area contributed by atoms with Gasteiger partial charge in [0.2, 0.25) is 0 Å². The van der Waals surface area contributed by atoms with E-state index in [1.165, 1.54) is 6.26 Å². The maximum absolute atomic E-state index is 11.5. The second kappa shape index (κ2) is 5.10. The average molecular weight is 214 g/mol. The smallest absolute Gasteiger partial charge is 0.341 e. The summed E-state index contributed by atoms with van der Waals surface area (Å²) in [4.78, 5) is 11.5. The van der Waals surface area contributed by atoms with Gasteiger partial charge >= 0.3 is 5.97 Å². The molecule has 0 amide bonds. The third-order valence-corrected chi connectivity index (χ3v) is 2.59. The SMILES string of the molecule is CSC[C@H](C)OC(=O)c1ccoc1C. The molecule has 0 radical (unpaired) electrons. The zero-order valence-electron chi connectivity index (χ0n) is 8.57.